The summed E-state index contributed by atoms with van der Waals surface area (Å²) >= 11 is 0. The zero-order chi connectivity index (χ0) is 22.9. The summed E-state index contributed by atoms with van der Waals surface area (Å²) < 4.78 is 10.7. The number of hydrogen-bond donors (Lipinski definition) is 3. The molecule has 0 spiro atoms. The van der Waals surface area contributed by atoms with E-state index < -0.39 is 35.7 Å². The number of aliphatic carboxylic acids is 1. The lowest BCUT2D eigenvalue weighted by Gasteiger charge is -2.28. The van der Waals surface area contributed by atoms with E-state index in [1.54, 1.807) is 20.8 Å². The van der Waals surface area contributed by atoms with Crippen LogP contribution in [0.15, 0.2) is 30.3 Å². The highest BCUT2D eigenvalue weighted by molar-refractivity contribution is 5.89. The number of alkyl carbamates (subject to hydrolysis) is 1. The third-order valence-electron chi connectivity index (χ3n) is 3.94. The van der Waals surface area contributed by atoms with Gasteiger partial charge in [-0.1, -0.05) is 51.1 Å². The Hall–Kier alpha value is -2.61. The highest BCUT2D eigenvalue weighted by atomic mass is 16.5. The minimum atomic E-state index is -1.23. The number of amides is 2. The van der Waals surface area contributed by atoms with Gasteiger partial charge in [0.25, 0.3) is 0 Å². The Morgan fingerprint density at radius 2 is 1.57 bits per heavy atom. The summed E-state index contributed by atoms with van der Waals surface area (Å²) in [4.78, 5) is 36.5. The first-order valence-electron chi connectivity index (χ1n) is 9.91. The van der Waals surface area contributed by atoms with Gasteiger partial charge in [0.2, 0.25) is 5.91 Å². The summed E-state index contributed by atoms with van der Waals surface area (Å²) in [5.41, 5.74) is -0.0346. The fraction of sp³-hybridized carbons (Fsp3) is 0.591. The van der Waals surface area contributed by atoms with Gasteiger partial charge in [-0.3, -0.25) is 4.79 Å². The van der Waals surface area contributed by atoms with Gasteiger partial charge in [0.1, 0.15) is 12.6 Å². The number of ether oxygens (including phenoxy) is 2. The molecule has 1 aromatic rings. The van der Waals surface area contributed by atoms with Crippen LogP contribution in [-0.4, -0.2) is 47.4 Å². The van der Waals surface area contributed by atoms with Gasteiger partial charge in [-0.05, 0) is 38.2 Å². The van der Waals surface area contributed by atoms with E-state index in [1.807, 2.05) is 51.1 Å². The Morgan fingerprint density at radius 3 is 2.07 bits per heavy atom. The molecule has 8 nitrogen and oxygen atoms in total. The second kappa shape index (κ2) is 11.0. The van der Waals surface area contributed by atoms with Crippen molar-refractivity contribution in [1.29, 1.82) is 0 Å². The van der Waals surface area contributed by atoms with Crippen LogP contribution in [-0.2, 0) is 25.7 Å². The standard InChI is InChI=1S/C22H34N2O6/c1-21(2,3)12-16(24-20(28)29-13-15-10-8-7-9-11-15)18(25)23-17(19(26)27)14-30-22(4,5)6/h7-11,16-17H,12-14H2,1-6H3,(H,23,25)(H,24,28)(H,26,27)/t16-,17+/m1/s1. The van der Waals surface area contributed by atoms with Crippen molar-refractivity contribution < 1.29 is 29.0 Å². The first kappa shape index (κ1) is 25.4. The zero-order valence-corrected chi connectivity index (χ0v) is 18.7. The maximum Gasteiger partial charge on any atom is 0.408 e. The predicted molar refractivity (Wildman–Crippen MR) is 113 cm³/mol. The van der Waals surface area contributed by atoms with Crippen molar-refractivity contribution in [3.8, 4) is 0 Å². The fourth-order valence-electron chi connectivity index (χ4n) is 2.51. The maximum atomic E-state index is 12.8. The smallest absolute Gasteiger partial charge is 0.408 e. The van der Waals surface area contributed by atoms with Crippen LogP contribution in [0, 0.1) is 5.41 Å². The molecule has 1 rings (SSSR count). The summed E-state index contributed by atoms with van der Waals surface area (Å²) in [6.07, 6.45) is -0.452. The van der Waals surface area contributed by atoms with Crippen molar-refractivity contribution in [2.24, 2.45) is 5.41 Å². The molecule has 2 atom stereocenters. The molecule has 3 N–H and O–H groups in total. The molecule has 0 saturated carbocycles. The fourth-order valence-corrected chi connectivity index (χ4v) is 2.51. The van der Waals surface area contributed by atoms with E-state index in [2.05, 4.69) is 10.6 Å². The van der Waals surface area contributed by atoms with Crippen molar-refractivity contribution in [2.75, 3.05) is 6.61 Å². The van der Waals surface area contributed by atoms with E-state index in [1.165, 1.54) is 0 Å². The molecule has 168 valence electrons. The van der Waals surface area contributed by atoms with Crippen LogP contribution < -0.4 is 10.6 Å². The first-order valence-corrected chi connectivity index (χ1v) is 9.91. The Labute approximate surface area is 178 Å². The van der Waals surface area contributed by atoms with Crippen LogP contribution in [0.2, 0.25) is 0 Å². The van der Waals surface area contributed by atoms with E-state index in [4.69, 9.17) is 9.47 Å². The molecule has 0 aromatic heterocycles. The number of nitrogens with one attached hydrogen (secondary N) is 2. The minimum absolute atomic E-state index is 0.0632. The van der Waals surface area contributed by atoms with Crippen LogP contribution >= 0.6 is 0 Å². The van der Waals surface area contributed by atoms with Gasteiger partial charge < -0.3 is 25.2 Å². The SMILES string of the molecule is CC(C)(C)C[C@@H](NC(=O)OCc1ccccc1)C(=O)N[C@@H](COC(C)(C)C)C(=O)O. The number of carbonyl (C=O) groups excluding carboxylic acids is 2. The molecule has 1 aromatic carbocycles. The van der Waals surface area contributed by atoms with Gasteiger partial charge in [0, 0.05) is 0 Å². The topological polar surface area (TPSA) is 114 Å². The molecule has 0 aliphatic rings. The molecule has 0 radical (unpaired) electrons. The highest BCUT2D eigenvalue weighted by Crippen LogP contribution is 2.21. The van der Waals surface area contributed by atoms with Gasteiger partial charge in [-0.2, -0.15) is 0 Å². The summed E-state index contributed by atoms with van der Waals surface area (Å²) in [5, 5.41) is 14.4. The van der Waals surface area contributed by atoms with Gasteiger partial charge in [-0.15, -0.1) is 0 Å². The lowest BCUT2D eigenvalue weighted by Crippen LogP contribution is -2.54. The van der Waals surface area contributed by atoms with Gasteiger partial charge in [-0.25, -0.2) is 9.59 Å². The van der Waals surface area contributed by atoms with Crippen molar-refractivity contribution in [3.05, 3.63) is 35.9 Å². The maximum absolute atomic E-state index is 12.8. The predicted octanol–water partition coefficient (Wildman–Crippen LogP) is 3.10. The number of carboxylic acid groups (broad SMARTS) is 1. The van der Waals surface area contributed by atoms with Crippen LogP contribution in [0.1, 0.15) is 53.5 Å². The van der Waals surface area contributed by atoms with Crippen molar-refractivity contribution in [1.82, 2.24) is 10.6 Å². The third-order valence-corrected chi connectivity index (χ3v) is 3.94. The Kier molecular flexibility index (Phi) is 9.29. The summed E-state index contributed by atoms with van der Waals surface area (Å²) in [7, 11) is 0. The van der Waals surface area contributed by atoms with Crippen molar-refractivity contribution in [2.45, 2.75) is 72.3 Å². The summed E-state index contributed by atoms with van der Waals surface area (Å²) in [6, 6.07) is 6.97. The number of benzene rings is 1. The lowest BCUT2D eigenvalue weighted by atomic mass is 9.87. The van der Waals surface area contributed by atoms with Crippen molar-refractivity contribution in [3.63, 3.8) is 0 Å². The molecule has 0 aliphatic carbocycles. The van der Waals surface area contributed by atoms with Crippen LogP contribution in [0.25, 0.3) is 0 Å². The number of carboxylic acids is 1. The number of hydrogen-bond acceptors (Lipinski definition) is 5. The molecule has 0 heterocycles. The zero-order valence-electron chi connectivity index (χ0n) is 18.7. The molecule has 0 unspecified atom stereocenters. The van der Waals surface area contributed by atoms with E-state index in [-0.39, 0.29) is 18.6 Å². The molecule has 0 aliphatic heterocycles. The normalized spacial score (nSPS) is 13.8. The second-order valence-electron chi connectivity index (χ2n) is 9.35. The van der Waals surface area contributed by atoms with E-state index in [0.717, 1.165) is 5.56 Å². The Balaban J connectivity index is 2.77. The molecule has 0 bridgehead atoms. The van der Waals surface area contributed by atoms with Crippen LogP contribution in [0.5, 0.6) is 0 Å². The third kappa shape index (κ3) is 10.8. The van der Waals surface area contributed by atoms with Gasteiger partial charge in [0.15, 0.2) is 6.04 Å². The summed E-state index contributed by atoms with van der Waals surface area (Å²) in [5.74, 6) is -1.82. The van der Waals surface area contributed by atoms with E-state index >= 15 is 0 Å². The monoisotopic (exact) mass is 422 g/mol. The molecule has 0 fully saturated rings. The highest BCUT2D eigenvalue weighted by Gasteiger charge is 2.31. The van der Waals surface area contributed by atoms with E-state index in [9.17, 15) is 19.5 Å². The molecule has 8 heteroatoms. The molecular weight excluding hydrogens is 388 g/mol. The van der Waals surface area contributed by atoms with Gasteiger partial charge >= 0.3 is 12.1 Å². The Morgan fingerprint density at radius 1 is 0.967 bits per heavy atom. The summed E-state index contributed by atoms with van der Waals surface area (Å²) in [6.45, 7) is 11.0. The second-order valence-corrected chi connectivity index (χ2v) is 9.35. The molecule has 30 heavy (non-hydrogen) atoms. The van der Waals surface area contributed by atoms with Gasteiger partial charge in [0.05, 0.1) is 12.2 Å². The average molecular weight is 423 g/mol. The Bertz CT molecular complexity index is 707. The average Bonchev–Trinajstić information content (AvgIpc) is 2.61. The van der Waals surface area contributed by atoms with Crippen LogP contribution in [0.4, 0.5) is 4.79 Å². The van der Waals surface area contributed by atoms with Crippen molar-refractivity contribution >= 4 is 18.0 Å². The largest absolute Gasteiger partial charge is 0.480 e. The quantitative estimate of drug-likeness (QED) is 0.563. The minimum Gasteiger partial charge on any atom is -0.480 e. The number of rotatable bonds is 9. The molecule has 2 amide bonds. The first-order chi connectivity index (χ1) is 13.8. The number of carbonyl (C=O) groups is 3. The van der Waals surface area contributed by atoms with E-state index in [0.29, 0.717) is 6.42 Å². The lowest BCUT2D eigenvalue weighted by molar-refractivity contribution is -0.145. The molecular formula is C22H34N2O6. The van der Waals surface area contributed by atoms with Crippen LogP contribution in [0.3, 0.4) is 0 Å². The molecule has 0 saturated heterocycles.